The van der Waals surface area contributed by atoms with E-state index in [1.165, 1.54) is 0 Å². The van der Waals surface area contributed by atoms with Crippen LogP contribution in [0.5, 0.6) is 0 Å². The molecule has 0 aliphatic carbocycles. The molecule has 124 valence electrons. The van der Waals surface area contributed by atoms with Gasteiger partial charge in [0.25, 0.3) is 0 Å². The van der Waals surface area contributed by atoms with Crippen LogP contribution in [0.3, 0.4) is 0 Å². The van der Waals surface area contributed by atoms with E-state index in [2.05, 4.69) is 10.1 Å². The molecule has 2 aromatic rings. The highest BCUT2D eigenvalue weighted by Crippen LogP contribution is 2.31. The average molecular weight is 334 g/mol. The summed E-state index contributed by atoms with van der Waals surface area (Å²) >= 11 is 0. The van der Waals surface area contributed by atoms with E-state index >= 15 is 0 Å². The molecule has 2 heterocycles. The van der Waals surface area contributed by atoms with E-state index < -0.39 is 9.84 Å². The lowest BCUT2D eigenvalue weighted by Gasteiger charge is -2.22. The van der Waals surface area contributed by atoms with Crippen molar-refractivity contribution in [2.45, 2.75) is 37.1 Å². The van der Waals surface area contributed by atoms with Gasteiger partial charge in [0, 0.05) is 6.07 Å². The normalized spacial score (nSPS) is 19.3. The standard InChI is InChI=1S/C17H22N2O3S/c1-14-13-16(18-22-14)17-9-5-10-19(17)11-6-12-23(20,21)15-7-3-2-4-8-15/h2-4,7-8,13,17H,5-6,9-12H2,1H3/t17-/m1/s1. The Bertz CT molecular complexity index is 740. The minimum Gasteiger partial charge on any atom is -0.361 e. The van der Waals surface area contributed by atoms with Gasteiger partial charge in [0.15, 0.2) is 9.84 Å². The fourth-order valence-corrected chi connectivity index (χ4v) is 4.49. The topological polar surface area (TPSA) is 63.4 Å². The number of nitrogens with zero attached hydrogens (tertiary/aromatic N) is 2. The SMILES string of the molecule is Cc1cc([C@H]2CCCN2CCCS(=O)(=O)c2ccccc2)no1. The minimum absolute atomic E-state index is 0.179. The van der Waals surface area contributed by atoms with E-state index in [0.717, 1.165) is 37.4 Å². The van der Waals surface area contributed by atoms with Gasteiger partial charge in [0.2, 0.25) is 0 Å². The third-order valence-electron chi connectivity index (χ3n) is 4.31. The van der Waals surface area contributed by atoms with Gasteiger partial charge < -0.3 is 4.52 Å². The zero-order valence-corrected chi connectivity index (χ0v) is 14.1. The van der Waals surface area contributed by atoms with E-state index in [-0.39, 0.29) is 11.8 Å². The number of sulfone groups is 1. The number of likely N-dealkylation sites (tertiary alicyclic amines) is 1. The van der Waals surface area contributed by atoms with Gasteiger partial charge >= 0.3 is 0 Å². The molecule has 1 atom stereocenters. The fraction of sp³-hybridized carbons (Fsp3) is 0.471. The van der Waals surface area contributed by atoms with E-state index in [4.69, 9.17) is 4.52 Å². The summed E-state index contributed by atoms with van der Waals surface area (Å²) in [7, 11) is -3.19. The summed E-state index contributed by atoms with van der Waals surface area (Å²) in [5.74, 6) is 0.997. The van der Waals surface area contributed by atoms with Crippen molar-refractivity contribution in [2.75, 3.05) is 18.8 Å². The fourth-order valence-electron chi connectivity index (χ4n) is 3.17. The van der Waals surface area contributed by atoms with Gasteiger partial charge in [-0.15, -0.1) is 0 Å². The number of hydrogen-bond acceptors (Lipinski definition) is 5. The smallest absolute Gasteiger partial charge is 0.178 e. The maximum atomic E-state index is 12.3. The van der Waals surface area contributed by atoms with Crippen LogP contribution in [0.4, 0.5) is 0 Å². The molecule has 0 unspecified atom stereocenters. The summed E-state index contributed by atoms with van der Waals surface area (Å²) in [6.45, 7) is 3.65. The molecule has 1 saturated heterocycles. The van der Waals surface area contributed by atoms with Gasteiger partial charge in [-0.3, -0.25) is 4.90 Å². The monoisotopic (exact) mass is 334 g/mol. The van der Waals surface area contributed by atoms with Crippen molar-refractivity contribution in [3.8, 4) is 0 Å². The number of benzene rings is 1. The first kappa shape index (κ1) is 16.2. The molecule has 23 heavy (non-hydrogen) atoms. The predicted molar refractivity (Wildman–Crippen MR) is 87.9 cm³/mol. The average Bonchev–Trinajstić information content (AvgIpc) is 3.17. The van der Waals surface area contributed by atoms with Gasteiger partial charge in [0.1, 0.15) is 11.5 Å². The van der Waals surface area contributed by atoms with E-state index in [1.54, 1.807) is 24.3 Å². The van der Waals surface area contributed by atoms with Crippen molar-refractivity contribution in [1.82, 2.24) is 10.1 Å². The number of aryl methyl sites for hydroxylation is 1. The first-order valence-electron chi connectivity index (χ1n) is 8.01. The van der Waals surface area contributed by atoms with Crippen LogP contribution in [-0.2, 0) is 9.84 Å². The molecule has 0 saturated carbocycles. The second-order valence-corrected chi connectivity index (χ2v) is 8.15. The van der Waals surface area contributed by atoms with Crippen LogP contribution in [-0.4, -0.2) is 37.3 Å². The van der Waals surface area contributed by atoms with Crippen molar-refractivity contribution in [3.05, 3.63) is 47.9 Å². The van der Waals surface area contributed by atoms with Crippen molar-refractivity contribution in [3.63, 3.8) is 0 Å². The lowest BCUT2D eigenvalue weighted by molar-refractivity contribution is 0.245. The minimum atomic E-state index is -3.19. The Labute approximate surface area is 137 Å². The van der Waals surface area contributed by atoms with Gasteiger partial charge in [0.05, 0.1) is 16.7 Å². The maximum Gasteiger partial charge on any atom is 0.178 e. The summed E-state index contributed by atoms with van der Waals surface area (Å²) in [4.78, 5) is 2.72. The van der Waals surface area contributed by atoms with E-state index in [0.29, 0.717) is 11.3 Å². The molecule has 1 aliphatic heterocycles. The lowest BCUT2D eigenvalue weighted by atomic mass is 10.1. The van der Waals surface area contributed by atoms with Crippen LogP contribution in [0.2, 0.25) is 0 Å². The van der Waals surface area contributed by atoms with Crippen molar-refractivity contribution in [2.24, 2.45) is 0 Å². The largest absolute Gasteiger partial charge is 0.361 e. The highest BCUT2D eigenvalue weighted by molar-refractivity contribution is 7.91. The molecule has 1 aliphatic rings. The third kappa shape index (κ3) is 3.82. The number of hydrogen-bond donors (Lipinski definition) is 0. The van der Waals surface area contributed by atoms with Crippen LogP contribution in [0.1, 0.15) is 36.8 Å². The summed E-state index contributed by atoms with van der Waals surface area (Å²) < 4.78 is 29.8. The molecular formula is C17H22N2O3S. The van der Waals surface area contributed by atoms with Crippen LogP contribution in [0.15, 0.2) is 45.8 Å². The Balaban J connectivity index is 1.58. The van der Waals surface area contributed by atoms with Crippen molar-refractivity contribution < 1.29 is 12.9 Å². The molecule has 0 bridgehead atoms. The Morgan fingerprint density at radius 3 is 2.78 bits per heavy atom. The zero-order chi connectivity index (χ0) is 16.3. The second kappa shape index (κ2) is 6.84. The highest BCUT2D eigenvalue weighted by Gasteiger charge is 2.28. The molecule has 1 fully saturated rings. The van der Waals surface area contributed by atoms with Gasteiger partial charge in [-0.1, -0.05) is 23.4 Å². The van der Waals surface area contributed by atoms with Crippen LogP contribution < -0.4 is 0 Å². The molecule has 6 heteroatoms. The first-order chi connectivity index (χ1) is 11.1. The van der Waals surface area contributed by atoms with E-state index in [9.17, 15) is 8.42 Å². The lowest BCUT2D eigenvalue weighted by Crippen LogP contribution is -2.26. The van der Waals surface area contributed by atoms with Crippen molar-refractivity contribution >= 4 is 9.84 Å². The van der Waals surface area contributed by atoms with E-state index in [1.807, 2.05) is 19.1 Å². The summed E-state index contributed by atoms with van der Waals surface area (Å²) in [5, 5.41) is 4.12. The zero-order valence-electron chi connectivity index (χ0n) is 13.3. The summed E-state index contributed by atoms with van der Waals surface area (Å²) in [6.07, 6.45) is 2.80. The molecule has 0 radical (unpaired) electrons. The second-order valence-electron chi connectivity index (χ2n) is 6.04. The quantitative estimate of drug-likeness (QED) is 0.812. The predicted octanol–water partition coefficient (Wildman–Crippen LogP) is 2.98. The molecule has 1 aromatic heterocycles. The van der Waals surface area contributed by atoms with Crippen LogP contribution in [0.25, 0.3) is 0 Å². The Hall–Kier alpha value is -1.66. The Kier molecular flexibility index (Phi) is 4.82. The molecule has 0 spiro atoms. The number of aromatic nitrogens is 1. The van der Waals surface area contributed by atoms with Crippen molar-refractivity contribution in [1.29, 1.82) is 0 Å². The summed E-state index contributed by atoms with van der Waals surface area (Å²) in [5.41, 5.74) is 0.964. The maximum absolute atomic E-state index is 12.3. The van der Waals surface area contributed by atoms with Crippen LogP contribution >= 0.6 is 0 Å². The third-order valence-corrected chi connectivity index (χ3v) is 6.13. The van der Waals surface area contributed by atoms with Gasteiger partial charge in [-0.2, -0.15) is 0 Å². The molecule has 0 amide bonds. The molecule has 5 nitrogen and oxygen atoms in total. The Morgan fingerprint density at radius 2 is 2.09 bits per heavy atom. The number of rotatable bonds is 6. The van der Waals surface area contributed by atoms with Gasteiger partial charge in [-0.25, -0.2) is 8.42 Å². The Morgan fingerprint density at radius 1 is 1.30 bits per heavy atom. The molecule has 1 aromatic carbocycles. The first-order valence-corrected chi connectivity index (χ1v) is 9.66. The van der Waals surface area contributed by atoms with Gasteiger partial charge in [-0.05, 0) is 51.4 Å². The molecule has 3 rings (SSSR count). The highest BCUT2D eigenvalue weighted by atomic mass is 32.2. The summed E-state index contributed by atoms with van der Waals surface area (Å²) in [6, 6.07) is 10.9. The molecule has 0 N–H and O–H groups in total. The van der Waals surface area contributed by atoms with Crippen LogP contribution in [0, 0.1) is 6.92 Å². The molecular weight excluding hydrogens is 312 g/mol.